The molecule has 0 amide bonds. The number of anilines is 3. The molecule has 13 rings (SSSR count). The molecule has 67 heavy (non-hydrogen) atoms. The van der Waals surface area contributed by atoms with Crippen molar-refractivity contribution in [2.45, 2.75) is 0 Å². The number of para-hydroxylation sites is 3. The fourth-order valence-corrected chi connectivity index (χ4v) is 11.2. The molecule has 0 unspecified atom stereocenters. The molecule has 0 aliphatic rings. The molecular formula is C64H42N2S. The lowest BCUT2D eigenvalue weighted by atomic mass is 9.97. The van der Waals surface area contributed by atoms with Gasteiger partial charge in [-0.1, -0.05) is 176 Å². The molecule has 314 valence electrons. The highest BCUT2D eigenvalue weighted by Crippen LogP contribution is 2.42. The predicted octanol–water partition coefficient (Wildman–Crippen LogP) is 18.4. The van der Waals surface area contributed by atoms with Gasteiger partial charge in [-0.2, -0.15) is 0 Å². The van der Waals surface area contributed by atoms with Crippen molar-refractivity contribution >= 4 is 81.1 Å². The van der Waals surface area contributed by atoms with E-state index in [2.05, 4.69) is 264 Å². The van der Waals surface area contributed by atoms with Crippen LogP contribution in [-0.4, -0.2) is 4.57 Å². The molecule has 2 heterocycles. The van der Waals surface area contributed by atoms with E-state index >= 15 is 0 Å². The van der Waals surface area contributed by atoms with Crippen LogP contribution in [0.3, 0.4) is 0 Å². The molecule has 0 spiro atoms. The number of hydrogen-bond donors (Lipinski definition) is 0. The van der Waals surface area contributed by atoms with Gasteiger partial charge >= 0.3 is 0 Å². The molecular weight excluding hydrogens is 829 g/mol. The molecule has 13 aromatic rings. The van der Waals surface area contributed by atoms with E-state index in [-0.39, 0.29) is 0 Å². The summed E-state index contributed by atoms with van der Waals surface area (Å²) in [5.41, 5.74) is 16.5. The van der Waals surface area contributed by atoms with E-state index in [1.54, 1.807) is 0 Å². The highest BCUT2D eigenvalue weighted by atomic mass is 32.1. The average molecular weight is 871 g/mol. The highest BCUT2D eigenvalue weighted by Gasteiger charge is 2.18. The van der Waals surface area contributed by atoms with Crippen molar-refractivity contribution in [2.24, 2.45) is 0 Å². The summed E-state index contributed by atoms with van der Waals surface area (Å²) in [5, 5.41) is 7.61. The van der Waals surface area contributed by atoms with Crippen molar-refractivity contribution in [1.82, 2.24) is 4.57 Å². The first-order valence-electron chi connectivity index (χ1n) is 22.9. The first-order valence-corrected chi connectivity index (χ1v) is 23.7. The molecule has 11 aromatic carbocycles. The van der Waals surface area contributed by atoms with E-state index in [1.165, 1.54) is 103 Å². The van der Waals surface area contributed by atoms with E-state index < -0.39 is 0 Å². The second kappa shape index (κ2) is 16.2. The first-order chi connectivity index (χ1) is 33.2. The third-order valence-corrected chi connectivity index (χ3v) is 14.6. The van der Waals surface area contributed by atoms with Crippen molar-refractivity contribution in [2.75, 3.05) is 4.90 Å². The number of thiophene rings is 1. The van der Waals surface area contributed by atoms with Gasteiger partial charge in [0.2, 0.25) is 0 Å². The monoisotopic (exact) mass is 870 g/mol. The highest BCUT2D eigenvalue weighted by molar-refractivity contribution is 7.25. The standard InChI is InChI=1S/C64H42N2S/c1-2-13-48-41-51(29-26-43(48)12-1)50-15-11-14-49(40-50)46-32-36-53(37-33-46)65(54-38-39-64-59(42-54)58-19-6-10-23-63(58)67-64)52-34-30-45(31-35-52)44-24-27-47(28-25-44)55-16-3-7-20-60(55)66-61-21-8-4-17-56(61)57-18-5-9-22-62(57)66/h1-42H. The maximum atomic E-state index is 2.41. The van der Waals surface area contributed by atoms with Gasteiger partial charge in [0.05, 0.1) is 16.7 Å². The van der Waals surface area contributed by atoms with Gasteiger partial charge in [0.15, 0.2) is 0 Å². The molecule has 0 saturated carbocycles. The molecule has 0 fully saturated rings. The van der Waals surface area contributed by atoms with E-state index in [4.69, 9.17) is 0 Å². The van der Waals surface area contributed by atoms with Crippen molar-refractivity contribution in [3.63, 3.8) is 0 Å². The van der Waals surface area contributed by atoms with Gasteiger partial charge in [-0.25, -0.2) is 0 Å². The van der Waals surface area contributed by atoms with Crippen LogP contribution in [0.4, 0.5) is 17.1 Å². The number of nitrogens with zero attached hydrogens (tertiary/aromatic N) is 2. The summed E-state index contributed by atoms with van der Waals surface area (Å²) in [5.74, 6) is 0. The number of benzene rings is 11. The van der Waals surface area contributed by atoms with Gasteiger partial charge < -0.3 is 9.47 Å². The van der Waals surface area contributed by atoms with Gasteiger partial charge in [0.25, 0.3) is 0 Å². The van der Waals surface area contributed by atoms with E-state index in [1.807, 2.05) is 11.3 Å². The molecule has 0 bridgehead atoms. The summed E-state index contributed by atoms with van der Waals surface area (Å²) in [6.07, 6.45) is 0. The van der Waals surface area contributed by atoms with Crippen LogP contribution >= 0.6 is 11.3 Å². The van der Waals surface area contributed by atoms with Gasteiger partial charge in [0, 0.05) is 53.6 Å². The lowest BCUT2D eigenvalue weighted by Gasteiger charge is -2.26. The molecule has 0 saturated heterocycles. The zero-order chi connectivity index (χ0) is 44.3. The SMILES string of the molecule is c1cc(-c2ccc(N(c3ccc(-c4ccc(-c5ccccc5-n5c6ccccc6c6ccccc65)cc4)cc3)c3ccc4sc5ccccc5c4c3)cc2)cc(-c2ccc3ccccc3c2)c1. The number of fused-ring (bicyclic) bond motifs is 7. The summed E-state index contributed by atoms with van der Waals surface area (Å²) < 4.78 is 5.01. The van der Waals surface area contributed by atoms with Crippen molar-refractivity contribution < 1.29 is 0 Å². The molecule has 0 N–H and O–H groups in total. The Morgan fingerprint density at radius 2 is 0.776 bits per heavy atom. The molecule has 0 atom stereocenters. The van der Waals surface area contributed by atoms with Crippen molar-refractivity contribution in [1.29, 1.82) is 0 Å². The summed E-state index contributed by atoms with van der Waals surface area (Å²) in [7, 11) is 0. The normalized spacial score (nSPS) is 11.6. The first kappa shape index (κ1) is 38.9. The molecule has 0 radical (unpaired) electrons. The van der Waals surface area contributed by atoms with Crippen LogP contribution in [0, 0.1) is 0 Å². The maximum absolute atomic E-state index is 2.41. The minimum absolute atomic E-state index is 1.10. The Kier molecular flexibility index (Phi) is 9.40. The van der Waals surface area contributed by atoms with Crippen LogP contribution in [0.25, 0.3) is 103 Å². The Labute approximate surface area is 393 Å². The van der Waals surface area contributed by atoms with Crippen LogP contribution in [-0.2, 0) is 0 Å². The van der Waals surface area contributed by atoms with Gasteiger partial charge in [-0.3, -0.25) is 0 Å². The van der Waals surface area contributed by atoms with E-state index in [9.17, 15) is 0 Å². The molecule has 0 aliphatic carbocycles. The van der Waals surface area contributed by atoms with Crippen LogP contribution in [0.2, 0.25) is 0 Å². The van der Waals surface area contributed by atoms with Crippen LogP contribution in [0.5, 0.6) is 0 Å². The Bertz CT molecular complexity index is 3920. The van der Waals surface area contributed by atoms with E-state index in [0.29, 0.717) is 0 Å². The zero-order valence-electron chi connectivity index (χ0n) is 36.6. The lowest BCUT2D eigenvalue weighted by Crippen LogP contribution is -2.09. The molecule has 2 aromatic heterocycles. The predicted molar refractivity (Wildman–Crippen MR) is 288 cm³/mol. The van der Waals surface area contributed by atoms with E-state index in [0.717, 1.165) is 17.1 Å². The van der Waals surface area contributed by atoms with Crippen LogP contribution in [0.1, 0.15) is 0 Å². The third-order valence-electron chi connectivity index (χ3n) is 13.4. The summed E-state index contributed by atoms with van der Waals surface area (Å²) >= 11 is 1.85. The molecule has 2 nitrogen and oxygen atoms in total. The second-order valence-electron chi connectivity index (χ2n) is 17.3. The summed E-state index contributed by atoms with van der Waals surface area (Å²) in [4.78, 5) is 2.39. The fraction of sp³-hybridized carbons (Fsp3) is 0. The van der Waals surface area contributed by atoms with Crippen molar-refractivity contribution in [3.8, 4) is 50.2 Å². The fourth-order valence-electron chi connectivity index (χ4n) is 10.1. The van der Waals surface area contributed by atoms with Gasteiger partial charge in [0.1, 0.15) is 0 Å². The largest absolute Gasteiger partial charge is 0.310 e. The smallest absolute Gasteiger partial charge is 0.0541 e. The Morgan fingerprint density at radius 3 is 1.49 bits per heavy atom. The Balaban J connectivity index is 0.842. The topological polar surface area (TPSA) is 8.17 Å². The Morgan fingerprint density at radius 1 is 0.284 bits per heavy atom. The number of hydrogen-bond acceptors (Lipinski definition) is 2. The summed E-state index contributed by atoms with van der Waals surface area (Å²) in [6, 6.07) is 93.2. The van der Waals surface area contributed by atoms with Crippen molar-refractivity contribution in [3.05, 3.63) is 255 Å². The second-order valence-corrected chi connectivity index (χ2v) is 18.4. The quantitative estimate of drug-likeness (QED) is 0.148. The van der Waals surface area contributed by atoms with Gasteiger partial charge in [-0.05, 0) is 129 Å². The molecule has 3 heteroatoms. The van der Waals surface area contributed by atoms with Crippen LogP contribution in [0.15, 0.2) is 255 Å². The molecule has 0 aliphatic heterocycles. The lowest BCUT2D eigenvalue weighted by molar-refractivity contribution is 1.18. The van der Waals surface area contributed by atoms with Crippen LogP contribution < -0.4 is 4.90 Å². The summed E-state index contributed by atoms with van der Waals surface area (Å²) in [6.45, 7) is 0. The minimum Gasteiger partial charge on any atom is -0.310 e. The average Bonchev–Trinajstić information content (AvgIpc) is 3.95. The number of rotatable bonds is 8. The zero-order valence-corrected chi connectivity index (χ0v) is 37.4. The minimum atomic E-state index is 1.10. The third kappa shape index (κ3) is 6.88. The van der Waals surface area contributed by atoms with Gasteiger partial charge in [-0.15, -0.1) is 11.3 Å². The maximum Gasteiger partial charge on any atom is 0.0541 e. The Hall–Kier alpha value is -8.50. The number of aromatic nitrogens is 1.